The molecule has 6 nitrogen and oxygen atoms in total. The summed E-state index contributed by atoms with van der Waals surface area (Å²) in [5.74, 6) is -0.588. The molecule has 0 spiro atoms. The van der Waals surface area contributed by atoms with Gasteiger partial charge in [0.15, 0.2) is 5.69 Å². The predicted octanol–water partition coefficient (Wildman–Crippen LogP) is 4.42. The van der Waals surface area contributed by atoms with Gasteiger partial charge in [0.25, 0.3) is 5.91 Å². The van der Waals surface area contributed by atoms with Gasteiger partial charge in [0.05, 0.1) is 18.0 Å². The molecule has 30 heavy (non-hydrogen) atoms. The number of nitrogens with one attached hydrogen (secondary N) is 1. The van der Waals surface area contributed by atoms with Gasteiger partial charge in [-0.1, -0.05) is 31.2 Å². The molecule has 0 fully saturated rings. The summed E-state index contributed by atoms with van der Waals surface area (Å²) in [7, 11) is 0. The van der Waals surface area contributed by atoms with E-state index in [1.165, 1.54) is 5.56 Å². The quantitative estimate of drug-likeness (QED) is 0.591. The van der Waals surface area contributed by atoms with Crippen LogP contribution in [0.3, 0.4) is 0 Å². The number of nitrogens with zero attached hydrogens (tertiary/aromatic N) is 2. The standard InChI is InChI=1S/C24H27N3O3/c1-5-17-7-9-18(10-8-17)22-15-21(24(29)30-6-2)26-27(22)20-13-11-19(12-14-20)23(28)25-16(3)4/h7-16H,5-6H2,1-4H3,(H,25,28). The molecule has 0 unspecified atom stereocenters. The molecule has 2 aromatic carbocycles. The molecule has 1 heterocycles. The third-order valence-electron chi connectivity index (χ3n) is 4.65. The van der Waals surface area contributed by atoms with E-state index in [1.807, 2.05) is 38.1 Å². The summed E-state index contributed by atoms with van der Waals surface area (Å²) >= 11 is 0. The van der Waals surface area contributed by atoms with Gasteiger partial charge in [0.1, 0.15) is 0 Å². The lowest BCUT2D eigenvalue weighted by Crippen LogP contribution is -2.30. The highest BCUT2D eigenvalue weighted by Crippen LogP contribution is 2.25. The zero-order valence-corrected chi connectivity index (χ0v) is 17.8. The van der Waals surface area contributed by atoms with E-state index in [9.17, 15) is 9.59 Å². The van der Waals surface area contributed by atoms with Gasteiger partial charge in [-0.3, -0.25) is 4.79 Å². The number of hydrogen-bond donors (Lipinski definition) is 1. The van der Waals surface area contributed by atoms with E-state index in [-0.39, 0.29) is 24.2 Å². The van der Waals surface area contributed by atoms with Gasteiger partial charge in [-0.05, 0) is 63.1 Å². The van der Waals surface area contributed by atoms with E-state index in [0.717, 1.165) is 23.4 Å². The van der Waals surface area contributed by atoms with E-state index in [4.69, 9.17) is 4.74 Å². The summed E-state index contributed by atoms with van der Waals surface area (Å²) in [5.41, 5.74) is 4.52. The normalized spacial score (nSPS) is 10.8. The smallest absolute Gasteiger partial charge is 0.358 e. The number of esters is 1. The Kier molecular flexibility index (Phi) is 6.67. The summed E-state index contributed by atoms with van der Waals surface area (Å²) in [4.78, 5) is 24.5. The number of ether oxygens (including phenoxy) is 1. The van der Waals surface area contributed by atoms with Gasteiger partial charge in [-0.25, -0.2) is 9.48 Å². The zero-order chi connectivity index (χ0) is 21.7. The number of hydrogen-bond acceptors (Lipinski definition) is 4. The van der Waals surface area contributed by atoms with Crippen LogP contribution >= 0.6 is 0 Å². The van der Waals surface area contributed by atoms with Crippen molar-refractivity contribution in [1.29, 1.82) is 0 Å². The summed E-state index contributed by atoms with van der Waals surface area (Å²) in [5, 5.41) is 7.36. The molecular formula is C24H27N3O3. The van der Waals surface area contributed by atoms with E-state index >= 15 is 0 Å². The van der Waals surface area contributed by atoms with Gasteiger partial charge >= 0.3 is 5.97 Å². The second-order valence-electron chi connectivity index (χ2n) is 7.27. The van der Waals surface area contributed by atoms with Crippen molar-refractivity contribution in [3.63, 3.8) is 0 Å². The average molecular weight is 405 g/mol. The minimum Gasteiger partial charge on any atom is -0.461 e. The summed E-state index contributed by atoms with van der Waals surface area (Å²) in [6.45, 7) is 7.99. The highest BCUT2D eigenvalue weighted by Gasteiger charge is 2.18. The zero-order valence-electron chi connectivity index (χ0n) is 17.8. The Balaban J connectivity index is 2.01. The average Bonchev–Trinajstić information content (AvgIpc) is 3.19. The van der Waals surface area contributed by atoms with Crippen molar-refractivity contribution < 1.29 is 14.3 Å². The fraction of sp³-hybridized carbons (Fsp3) is 0.292. The lowest BCUT2D eigenvalue weighted by atomic mass is 10.1. The van der Waals surface area contributed by atoms with Crippen molar-refractivity contribution in [2.45, 2.75) is 40.2 Å². The Morgan fingerprint density at radius 2 is 1.70 bits per heavy atom. The van der Waals surface area contributed by atoms with Crippen molar-refractivity contribution in [3.05, 3.63) is 71.4 Å². The maximum absolute atomic E-state index is 12.3. The van der Waals surface area contributed by atoms with E-state index in [2.05, 4.69) is 29.5 Å². The first kappa shape index (κ1) is 21.3. The summed E-state index contributed by atoms with van der Waals surface area (Å²) in [6, 6.07) is 17.1. The highest BCUT2D eigenvalue weighted by atomic mass is 16.5. The highest BCUT2D eigenvalue weighted by molar-refractivity contribution is 5.94. The van der Waals surface area contributed by atoms with Crippen LogP contribution in [0.25, 0.3) is 16.9 Å². The van der Waals surface area contributed by atoms with Crippen LogP contribution in [0.5, 0.6) is 0 Å². The minimum absolute atomic E-state index is 0.0631. The Morgan fingerprint density at radius 3 is 2.27 bits per heavy atom. The Labute approximate surface area is 176 Å². The lowest BCUT2D eigenvalue weighted by molar-refractivity contribution is 0.0518. The molecule has 1 amide bonds. The first-order valence-electron chi connectivity index (χ1n) is 10.2. The number of rotatable bonds is 7. The van der Waals surface area contributed by atoms with Crippen LogP contribution in [0.2, 0.25) is 0 Å². The van der Waals surface area contributed by atoms with E-state index in [1.54, 1.807) is 29.8 Å². The number of benzene rings is 2. The minimum atomic E-state index is -0.462. The molecular weight excluding hydrogens is 378 g/mol. The monoisotopic (exact) mass is 405 g/mol. The molecule has 0 bridgehead atoms. The second-order valence-corrected chi connectivity index (χ2v) is 7.27. The van der Waals surface area contributed by atoms with Gasteiger partial charge in [0, 0.05) is 17.2 Å². The molecule has 156 valence electrons. The molecule has 0 atom stereocenters. The van der Waals surface area contributed by atoms with Crippen molar-refractivity contribution in [2.75, 3.05) is 6.61 Å². The topological polar surface area (TPSA) is 73.2 Å². The second kappa shape index (κ2) is 9.39. The van der Waals surface area contributed by atoms with Gasteiger partial charge in [0.2, 0.25) is 0 Å². The fourth-order valence-corrected chi connectivity index (χ4v) is 3.10. The van der Waals surface area contributed by atoms with Gasteiger partial charge in [-0.2, -0.15) is 5.10 Å². The molecule has 1 N–H and O–H groups in total. The van der Waals surface area contributed by atoms with Crippen molar-refractivity contribution in [2.24, 2.45) is 0 Å². The first-order valence-corrected chi connectivity index (χ1v) is 10.2. The molecule has 0 radical (unpaired) electrons. The van der Waals surface area contributed by atoms with Crippen LogP contribution in [-0.2, 0) is 11.2 Å². The van der Waals surface area contributed by atoms with E-state index in [0.29, 0.717) is 5.56 Å². The molecule has 0 saturated carbocycles. The van der Waals surface area contributed by atoms with Crippen molar-refractivity contribution >= 4 is 11.9 Å². The third kappa shape index (κ3) is 4.76. The van der Waals surface area contributed by atoms with Gasteiger partial charge < -0.3 is 10.1 Å². The molecule has 0 aliphatic rings. The van der Waals surface area contributed by atoms with E-state index < -0.39 is 5.97 Å². The van der Waals surface area contributed by atoms with Crippen molar-refractivity contribution in [3.8, 4) is 16.9 Å². The van der Waals surface area contributed by atoms with Crippen LogP contribution in [-0.4, -0.2) is 34.3 Å². The number of aromatic nitrogens is 2. The molecule has 0 aliphatic heterocycles. The Morgan fingerprint density at radius 1 is 1.03 bits per heavy atom. The molecule has 3 rings (SSSR count). The van der Waals surface area contributed by atoms with Gasteiger partial charge in [-0.15, -0.1) is 0 Å². The van der Waals surface area contributed by atoms with Crippen molar-refractivity contribution in [1.82, 2.24) is 15.1 Å². The Hall–Kier alpha value is -3.41. The fourth-order valence-electron chi connectivity index (χ4n) is 3.10. The Bertz CT molecular complexity index is 1020. The first-order chi connectivity index (χ1) is 14.4. The lowest BCUT2D eigenvalue weighted by Gasteiger charge is -2.11. The van der Waals surface area contributed by atoms with Crippen LogP contribution in [0.4, 0.5) is 0 Å². The SMILES string of the molecule is CCOC(=O)c1cc(-c2ccc(CC)cc2)n(-c2ccc(C(=O)NC(C)C)cc2)n1. The maximum atomic E-state index is 12.3. The summed E-state index contributed by atoms with van der Waals surface area (Å²) in [6.07, 6.45) is 0.952. The number of aryl methyl sites for hydroxylation is 1. The summed E-state index contributed by atoms with van der Waals surface area (Å²) < 4.78 is 6.83. The molecule has 0 aliphatic carbocycles. The van der Waals surface area contributed by atoms with Crippen LogP contribution < -0.4 is 5.32 Å². The number of carbonyl (C=O) groups excluding carboxylic acids is 2. The van der Waals surface area contributed by atoms with Crippen LogP contribution in [0.15, 0.2) is 54.6 Å². The number of amides is 1. The molecule has 1 aromatic heterocycles. The molecule has 3 aromatic rings. The van der Waals surface area contributed by atoms with Crippen LogP contribution in [0.1, 0.15) is 54.1 Å². The predicted molar refractivity (Wildman–Crippen MR) is 117 cm³/mol. The van der Waals surface area contributed by atoms with Crippen LogP contribution in [0, 0.1) is 0 Å². The largest absolute Gasteiger partial charge is 0.461 e. The molecule has 0 saturated heterocycles. The number of carbonyl (C=O) groups is 2. The maximum Gasteiger partial charge on any atom is 0.358 e. The third-order valence-corrected chi connectivity index (χ3v) is 4.65. The molecule has 6 heteroatoms.